The Kier molecular flexibility index (Phi) is 7.57. The van der Waals surface area contributed by atoms with E-state index in [2.05, 4.69) is 10.9 Å². The molecule has 10 nitrogen and oxygen atoms in total. The zero-order chi connectivity index (χ0) is 24.2. The van der Waals surface area contributed by atoms with Crippen molar-refractivity contribution in [3.63, 3.8) is 0 Å². The Morgan fingerprint density at radius 2 is 1.36 bits per heavy atom. The lowest BCUT2D eigenvalue weighted by molar-refractivity contribution is -0.0440. The minimum absolute atomic E-state index is 0.0767. The zero-order valence-electron chi connectivity index (χ0n) is 18.8. The number of sulfonamides is 1. The molecule has 1 saturated heterocycles. The maximum Gasteiger partial charge on any atom is 0.269 e. The molecule has 2 amide bonds. The van der Waals surface area contributed by atoms with E-state index in [-0.39, 0.29) is 41.3 Å². The second kappa shape index (κ2) is 10.2. The Morgan fingerprint density at radius 1 is 0.879 bits per heavy atom. The number of morpholine rings is 1. The number of ether oxygens (including phenoxy) is 3. The number of benzene rings is 2. The van der Waals surface area contributed by atoms with Crippen molar-refractivity contribution in [2.24, 2.45) is 0 Å². The third-order valence-electron chi connectivity index (χ3n) is 5.04. The number of carbonyl (C=O) groups excluding carboxylic acids is 2. The summed E-state index contributed by atoms with van der Waals surface area (Å²) in [4.78, 5) is 24.9. The van der Waals surface area contributed by atoms with Crippen LogP contribution in [0, 0.1) is 0 Å². The number of methoxy groups -OCH3 is 2. The lowest BCUT2D eigenvalue weighted by atomic mass is 10.2. The van der Waals surface area contributed by atoms with Gasteiger partial charge in [0.2, 0.25) is 10.0 Å². The van der Waals surface area contributed by atoms with E-state index in [0.29, 0.717) is 11.5 Å². The first kappa shape index (κ1) is 24.5. The monoisotopic (exact) mass is 477 g/mol. The van der Waals surface area contributed by atoms with Gasteiger partial charge in [-0.3, -0.25) is 20.4 Å². The Labute approximate surface area is 192 Å². The highest BCUT2D eigenvalue weighted by Gasteiger charge is 2.32. The second-order valence-electron chi connectivity index (χ2n) is 7.61. The van der Waals surface area contributed by atoms with Gasteiger partial charge in [0.05, 0.1) is 31.3 Å². The van der Waals surface area contributed by atoms with Crippen molar-refractivity contribution < 1.29 is 32.2 Å². The molecular formula is C22H27N3O7S. The van der Waals surface area contributed by atoms with Crippen LogP contribution in [-0.2, 0) is 14.8 Å². The SMILES string of the molecule is COc1cc(OC)cc(C(=O)NNC(=O)c2ccc(S(=O)(=O)N3CC(C)OC(C)C3)cc2)c1. The maximum atomic E-state index is 12.9. The summed E-state index contributed by atoms with van der Waals surface area (Å²) in [6.45, 7) is 4.16. The summed E-state index contributed by atoms with van der Waals surface area (Å²) in [6, 6.07) is 10.1. The van der Waals surface area contributed by atoms with Gasteiger partial charge in [-0.15, -0.1) is 0 Å². The molecule has 1 heterocycles. The molecule has 2 N–H and O–H groups in total. The molecule has 0 radical (unpaired) electrons. The minimum Gasteiger partial charge on any atom is -0.497 e. The molecular weight excluding hydrogens is 450 g/mol. The van der Waals surface area contributed by atoms with Gasteiger partial charge in [-0.05, 0) is 50.2 Å². The van der Waals surface area contributed by atoms with Crippen LogP contribution < -0.4 is 20.3 Å². The van der Waals surface area contributed by atoms with Crippen LogP contribution >= 0.6 is 0 Å². The van der Waals surface area contributed by atoms with E-state index in [9.17, 15) is 18.0 Å². The van der Waals surface area contributed by atoms with Gasteiger partial charge in [-0.1, -0.05) is 0 Å². The van der Waals surface area contributed by atoms with Gasteiger partial charge >= 0.3 is 0 Å². The molecule has 1 aliphatic rings. The summed E-state index contributed by atoms with van der Waals surface area (Å²) >= 11 is 0. The van der Waals surface area contributed by atoms with Crippen molar-refractivity contribution in [1.29, 1.82) is 0 Å². The van der Waals surface area contributed by atoms with Gasteiger partial charge in [-0.25, -0.2) is 8.42 Å². The van der Waals surface area contributed by atoms with Crippen LogP contribution in [0.4, 0.5) is 0 Å². The first-order valence-corrected chi connectivity index (χ1v) is 11.7. The second-order valence-corrected chi connectivity index (χ2v) is 9.55. The van der Waals surface area contributed by atoms with E-state index in [0.717, 1.165) is 0 Å². The molecule has 33 heavy (non-hydrogen) atoms. The van der Waals surface area contributed by atoms with Gasteiger partial charge in [0.25, 0.3) is 11.8 Å². The molecule has 0 aliphatic carbocycles. The van der Waals surface area contributed by atoms with Gasteiger partial charge in [-0.2, -0.15) is 4.31 Å². The zero-order valence-corrected chi connectivity index (χ0v) is 19.6. The molecule has 3 rings (SSSR count). The smallest absolute Gasteiger partial charge is 0.269 e. The first-order chi connectivity index (χ1) is 15.6. The summed E-state index contributed by atoms with van der Waals surface area (Å²) < 4.78 is 43.1. The van der Waals surface area contributed by atoms with E-state index < -0.39 is 21.8 Å². The third kappa shape index (κ3) is 5.81. The topological polar surface area (TPSA) is 123 Å². The van der Waals surface area contributed by atoms with E-state index in [1.807, 2.05) is 13.8 Å². The van der Waals surface area contributed by atoms with Crippen LogP contribution in [0.2, 0.25) is 0 Å². The van der Waals surface area contributed by atoms with Crippen molar-refractivity contribution in [2.45, 2.75) is 31.0 Å². The van der Waals surface area contributed by atoms with Crippen molar-refractivity contribution in [3.8, 4) is 11.5 Å². The molecule has 1 fully saturated rings. The molecule has 0 aromatic heterocycles. The fraction of sp³-hybridized carbons (Fsp3) is 0.364. The summed E-state index contributed by atoms with van der Waals surface area (Å²) in [6.07, 6.45) is -0.413. The normalized spacial score (nSPS) is 18.9. The van der Waals surface area contributed by atoms with Crippen LogP contribution in [0.3, 0.4) is 0 Å². The van der Waals surface area contributed by atoms with Gasteiger partial charge in [0, 0.05) is 30.3 Å². The highest BCUT2D eigenvalue weighted by atomic mass is 32.2. The fourth-order valence-corrected chi connectivity index (χ4v) is 5.04. The van der Waals surface area contributed by atoms with Crippen molar-refractivity contribution >= 4 is 21.8 Å². The van der Waals surface area contributed by atoms with Crippen LogP contribution in [-0.4, -0.2) is 64.1 Å². The number of hydrazine groups is 1. The van der Waals surface area contributed by atoms with E-state index in [1.165, 1.54) is 54.9 Å². The van der Waals surface area contributed by atoms with E-state index >= 15 is 0 Å². The third-order valence-corrected chi connectivity index (χ3v) is 6.89. The number of nitrogens with zero attached hydrogens (tertiary/aromatic N) is 1. The molecule has 2 aromatic rings. The van der Waals surface area contributed by atoms with Crippen molar-refractivity contribution in [3.05, 3.63) is 53.6 Å². The summed E-state index contributed by atoms with van der Waals surface area (Å²) in [7, 11) is -0.796. The Hall–Kier alpha value is -3.15. The molecule has 11 heteroatoms. The molecule has 0 bridgehead atoms. The van der Waals surface area contributed by atoms with Crippen LogP contribution in [0.15, 0.2) is 47.4 Å². The Morgan fingerprint density at radius 3 is 1.85 bits per heavy atom. The molecule has 178 valence electrons. The summed E-state index contributed by atoms with van der Waals surface area (Å²) in [5.41, 5.74) is 5.03. The summed E-state index contributed by atoms with van der Waals surface area (Å²) in [5, 5.41) is 0. The van der Waals surface area contributed by atoms with Crippen LogP contribution in [0.5, 0.6) is 11.5 Å². The first-order valence-electron chi connectivity index (χ1n) is 10.2. The minimum atomic E-state index is -3.72. The number of hydrogen-bond acceptors (Lipinski definition) is 7. The summed E-state index contributed by atoms with van der Waals surface area (Å²) in [5.74, 6) is -0.329. The Bertz CT molecular complexity index is 1090. The van der Waals surface area contributed by atoms with E-state index in [4.69, 9.17) is 14.2 Å². The van der Waals surface area contributed by atoms with Gasteiger partial charge < -0.3 is 14.2 Å². The van der Waals surface area contributed by atoms with Crippen LogP contribution in [0.1, 0.15) is 34.6 Å². The van der Waals surface area contributed by atoms with E-state index in [1.54, 1.807) is 6.07 Å². The molecule has 0 saturated carbocycles. The number of nitrogens with one attached hydrogen (secondary N) is 2. The highest BCUT2D eigenvalue weighted by Crippen LogP contribution is 2.23. The lowest BCUT2D eigenvalue weighted by Crippen LogP contribution is -2.48. The van der Waals surface area contributed by atoms with Gasteiger partial charge in [0.15, 0.2) is 0 Å². The van der Waals surface area contributed by atoms with Crippen LogP contribution in [0.25, 0.3) is 0 Å². The van der Waals surface area contributed by atoms with Gasteiger partial charge in [0.1, 0.15) is 11.5 Å². The highest BCUT2D eigenvalue weighted by molar-refractivity contribution is 7.89. The predicted octanol–water partition coefficient (Wildman–Crippen LogP) is 1.58. The number of amides is 2. The molecule has 1 aliphatic heterocycles. The number of hydrogen-bond donors (Lipinski definition) is 2. The standard InChI is InChI=1S/C22H27N3O7S/c1-14-12-25(13-15(2)32-14)33(28,29)20-7-5-16(6-8-20)21(26)23-24-22(27)17-9-18(30-3)11-19(10-17)31-4/h5-11,14-15H,12-13H2,1-4H3,(H,23,26)(H,24,27). The fourth-order valence-electron chi connectivity index (χ4n) is 3.45. The molecule has 2 aromatic carbocycles. The predicted molar refractivity (Wildman–Crippen MR) is 120 cm³/mol. The maximum absolute atomic E-state index is 12.9. The molecule has 2 atom stereocenters. The largest absolute Gasteiger partial charge is 0.497 e. The molecule has 0 spiro atoms. The molecule has 2 unspecified atom stereocenters. The Balaban J connectivity index is 1.65. The van der Waals surface area contributed by atoms with Crippen molar-refractivity contribution in [1.82, 2.24) is 15.2 Å². The lowest BCUT2D eigenvalue weighted by Gasteiger charge is -2.34. The number of rotatable bonds is 6. The quantitative estimate of drug-likeness (QED) is 0.606. The average molecular weight is 478 g/mol. The van der Waals surface area contributed by atoms with Crippen molar-refractivity contribution in [2.75, 3.05) is 27.3 Å². The average Bonchev–Trinajstić information content (AvgIpc) is 2.81. The number of carbonyl (C=O) groups is 2.